The molecule has 0 saturated carbocycles. The molecule has 1 aromatic heterocycles. The lowest BCUT2D eigenvalue weighted by atomic mass is 10.1. The molecule has 1 amide bonds. The number of methoxy groups -OCH3 is 2. The lowest BCUT2D eigenvalue weighted by Gasteiger charge is -2.14. The van der Waals surface area contributed by atoms with Crippen LogP contribution in [0.3, 0.4) is 0 Å². The highest BCUT2D eigenvalue weighted by atomic mass is 16.5. The normalized spacial score (nSPS) is 10.1. The molecule has 0 atom stereocenters. The quantitative estimate of drug-likeness (QED) is 0.487. The summed E-state index contributed by atoms with van der Waals surface area (Å²) in [6, 6.07) is 13.9. The highest BCUT2D eigenvalue weighted by Gasteiger charge is 2.13. The van der Waals surface area contributed by atoms with Crippen LogP contribution in [0.1, 0.15) is 15.9 Å². The number of carbonyl (C=O) groups is 1. The van der Waals surface area contributed by atoms with Gasteiger partial charge in [-0.1, -0.05) is 18.7 Å². The van der Waals surface area contributed by atoms with E-state index in [0.29, 0.717) is 47.5 Å². The van der Waals surface area contributed by atoms with E-state index in [1.54, 1.807) is 62.0 Å². The predicted molar refractivity (Wildman–Crippen MR) is 118 cm³/mol. The van der Waals surface area contributed by atoms with Gasteiger partial charge in [-0.05, 0) is 36.4 Å². The fourth-order valence-corrected chi connectivity index (χ4v) is 2.79. The number of benzene rings is 2. The van der Waals surface area contributed by atoms with Crippen LogP contribution < -0.4 is 24.3 Å². The minimum absolute atomic E-state index is 0.294. The van der Waals surface area contributed by atoms with Gasteiger partial charge in [-0.15, -0.1) is 0 Å². The summed E-state index contributed by atoms with van der Waals surface area (Å²) in [5.41, 5.74) is 1.92. The van der Waals surface area contributed by atoms with Crippen molar-refractivity contribution in [1.29, 1.82) is 0 Å². The second kappa shape index (κ2) is 10.7. The maximum atomic E-state index is 12.7. The SMILES string of the molecule is C=CCOc1ccc(C(=O)Nc2ccc(OC)c(OCc3cccnc3)c2)cc1OC. The van der Waals surface area contributed by atoms with Crippen LogP contribution in [-0.2, 0) is 6.61 Å². The maximum absolute atomic E-state index is 12.7. The summed E-state index contributed by atoms with van der Waals surface area (Å²) in [6.45, 7) is 4.29. The molecule has 3 aromatic rings. The second-order valence-corrected chi connectivity index (χ2v) is 6.44. The first-order valence-corrected chi connectivity index (χ1v) is 9.57. The van der Waals surface area contributed by atoms with E-state index in [0.717, 1.165) is 5.56 Å². The lowest BCUT2D eigenvalue weighted by Crippen LogP contribution is -2.12. The van der Waals surface area contributed by atoms with Gasteiger partial charge in [0.2, 0.25) is 0 Å². The van der Waals surface area contributed by atoms with Crippen molar-refractivity contribution in [2.45, 2.75) is 6.61 Å². The first-order valence-electron chi connectivity index (χ1n) is 9.57. The second-order valence-electron chi connectivity index (χ2n) is 6.44. The summed E-state index contributed by atoms with van der Waals surface area (Å²) in [4.78, 5) is 16.8. The van der Waals surface area contributed by atoms with Crippen LogP contribution in [0.2, 0.25) is 0 Å². The monoisotopic (exact) mass is 420 g/mol. The zero-order valence-electron chi connectivity index (χ0n) is 17.5. The van der Waals surface area contributed by atoms with E-state index in [1.165, 1.54) is 7.11 Å². The average Bonchev–Trinajstić information content (AvgIpc) is 2.82. The number of hydrogen-bond donors (Lipinski definition) is 1. The Morgan fingerprint density at radius 1 is 1.00 bits per heavy atom. The van der Waals surface area contributed by atoms with Crippen LogP contribution in [0.25, 0.3) is 0 Å². The summed E-state index contributed by atoms with van der Waals surface area (Å²) < 4.78 is 22.1. The molecule has 0 aliphatic rings. The number of aromatic nitrogens is 1. The number of nitrogens with zero attached hydrogens (tertiary/aromatic N) is 1. The summed E-state index contributed by atoms with van der Waals surface area (Å²) in [5, 5.41) is 2.86. The molecule has 0 radical (unpaired) electrons. The lowest BCUT2D eigenvalue weighted by molar-refractivity contribution is 0.102. The molecular weight excluding hydrogens is 396 g/mol. The van der Waals surface area contributed by atoms with Crippen molar-refractivity contribution in [2.24, 2.45) is 0 Å². The van der Waals surface area contributed by atoms with Crippen LogP contribution >= 0.6 is 0 Å². The van der Waals surface area contributed by atoms with Crippen LogP contribution in [-0.4, -0.2) is 31.7 Å². The first kappa shape index (κ1) is 21.7. The molecule has 0 fully saturated rings. The smallest absolute Gasteiger partial charge is 0.255 e. The van der Waals surface area contributed by atoms with Gasteiger partial charge < -0.3 is 24.3 Å². The number of nitrogens with one attached hydrogen (secondary N) is 1. The molecule has 7 heteroatoms. The topological polar surface area (TPSA) is 78.9 Å². The van der Waals surface area contributed by atoms with Crippen LogP contribution in [0.15, 0.2) is 73.6 Å². The number of amides is 1. The number of carbonyl (C=O) groups excluding carboxylic acids is 1. The van der Waals surface area contributed by atoms with E-state index in [1.807, 2.05) is 12.1 Å². The number of ether oxygens (including phenoxy) is 4. The summed E-state index contributed by atoms with van der Waals surface area (Å²) >= 11 is 0. The molecule has 0 aliphatic heterocycles. The van der Waals surface area contributed by atoms with Gasteiger partial charge in [0.15, 0.2) is 23.0 Å². The van der Waals surface area contributed by atoms with Gasteiger partial charge in [-0.3, -0.25) is 9.78 Å². The Bertz CT molecular complexity index is 1040. The Balaban J connectivity index is 1.74. The first-order chi connectivity index (χ1) is 15.1. The van der Waals surface area contributed by atoms with Gasteiger partial charge in [0.25, 0.3) is 5.91 Å². The molecular formula is C24H24N2O5. The van der Waals surface area contributed by atoms with E-state index in [2.05, 4.69) is 16.9 Å². The van der Waals surface area contributed by atoms with Gasteiger partial charge in [0.1, 0.15) is 13.2 Å². The van der Waals surface area contributed by atoms with E-state index in [4.69, 9.17) is 18.9 Å². The van der Waals surface area contributed by atoms with E-state index >= 15 is 0 Å². The third kappa shape index (κ3) is 5.76. The Morgan fingerprint density at radius 3 is 2.52 bits per heavy atom. The van der Waals surface area contributed by atoms with Crippen molar-refractivity contribution in [2.75, 3.05) is 26.1 Å². The standard InChI is InChI=1S/C24H24N2O5/c1-4-12-30-21-9-7-18(13-22(21)29-3)24(27)26-19-8-10-20(28-2)23(14-19)31-16-17-6-5-11-25-15-17/h4-11,13-15H,1,12,16H2,2-3H3,(H,26,27). The molecule has 1 N–H and O–H groups in total. The molecule has 160 valence electrons. The zero-order valence-corrected chi connectivity index (χ0v) is 17.5. The Kier molecular flexibility index (Phi) is 7.48. The fraction of sp³-hybridized carbons (Fsp3) is 0.167. The molecule has 31 heavy (non-hydrogen) atoms. The van der Waals surface area contributed by atoms with Gasteiger partial charge in [0, 0.05) is 35.3 Å². The minimum atomic E-state index is -0.294. The maximum Gasteiger partial charge on any atom is 0.255 e. The van der Waals surface area contributed by atoms with Crippen molar-refractivity contribution in [1.82, 2.24) is 4.98 Å². The number of rotatable bonds is 10. The number of hydrogen-bond acceptors (Lipinski definition) is 6. The van der Waals surface area contributed by atoms with Gasteiger partial charge in [-0.25, -0.2) is 0 Å². The van der Waals surface area contributed by atoms with E-state index in [-0.39, 0.29) is 5.91 Å². The molecule has 0 aliphatic carbocycles. The number of anilines is 1. The molecule has 0 spiro atoms. The van der Waals surface area contributed by atoms with Crippen molar-refractivity contribution >= 4 is 11.6 Å². The van der Waals surface area contributed by atoms with E-state index in [9.17, 15) is 4.79 Å². The van der Waals surface area contributed by atoms with Gasteiger partial charge >= 0.3 is 0 Å². The minimum Gasteiger partial charge on any atom is -0.493 e. The van der Waals surface area contributed by atoms with Crippen molar-refractivity contribution in [3.63, 3.8) is 0 Å². The van der Waals surface area contributed by atoms with Crippen molar-refractivity contribution in [3.05, 3.63) is 84.7 Å². The summed E-state index contributed by atoms with van der Waals surface area (Å²) in [5.74, 6) is 1.78. The van der Waals surface area contributed by atoms with Gasteiger partial charge in [0.05, 0.1) is 14.2 Å². The molecule has 2 aromatic carbocycles. The molecule has 3 rings (SSSR count). The highest BCUT2D eigenvalue weighted by Crippen LogP contribution is 2.32. The fourth-order valence-electron chi connectivity index (χ4n) is 2.79. The number of pyridine rings is 1. The Hall–Kier alpha value is -4.00. The Labute approximate surface area is 181 Å². The zero-order chi connectivity index (χ0) is 22.1. The molecule has 7 nitrogen and oxygen atoms in total. The summed E-state index contributed by atoms with van der Waals surface area (Å²) in [7, 11) is 3.08. The third-order valence-electron chi connectivity index (χ3n) is 4.32. The Morgan fingerprint density at radius 2 is 1.81 bits per heavy atom. The predicted octanol–water partition coefficient (Wildman–Crippen LogP) is 4.49. The highest BCUT2D eigenvalue weighted by molar-refractivity contribution is 6.04. The molecule has 1 heterocycles. The largest absolute Gasteiger partial charge is 0.493 e. The van der Waals surface area contributed by atoms with Crippen molar-refractivity contribution in [3.8, 4) is 23.0 Å². The molecule has 0 bridgehead atoms. The van der Waals surface area contributed by atoms with Gasteiger partial charge in [-0.2, -0.15) is 0 Å². The third-order valence-corrected chi connectivity index (χ3v) is 4.32. The summed E-state index contributed by atoms with van der Waals surface area (Å²) in [6.07, 6.45) is 5.07. The van der Waals surface area contributed by atoms with Crippen LogP contribution in [0.5, 0.6) is 23.0 Å². The molecule has 0 unspecified atom stereocenters. The van der Waals surface area contributed by atoms with Crippen molar-refractivity contribution < 1.29 is 23.7 Å². The van der Waals surface area contributed by atoms with Crippen LogP contribution in [0, 0.1) is 0 Å². The van der Waals surface area contributed by atoms with Crippen LogP contribution in [0.4, 0.5) is 5.69 Å². The van der Waals surface area contributed by atoms with E-state index < -0.39 is 0 Å². The molecule has 0 saturated heterocycles. The average molecular weight is 420 g/mol.